The third kappa shape index (κ3) is 3.08. The molecule has 116 valence electrons. The first-order valence-corrected chi connectivity index (χ1v) is 9.39. The molecule has 2 unspecified atom stereocenters. The van der Waals surface area contributed by atoms with Crippen LogP contribution in [-0.4, -0.2) is 37.9 Å². The highest BCUT2D eigenvalue weighted by molar-refractivity contribution is 7.89. The summed E-state index contributed by atoms with van der Waals surface area (Å²) in [7, 11) is -3.55. The molecule has 21 heavy (non-hydrogen) atoms. The maximum atomic E-state index is 12.9. The van der Waals surface area contributed by atoms with Gasteiger partial charge < -0.3 is 5.32 Å². The van der Waals surface area contributed by atoms with E-state index >= 15 is 0 Å². The Bertz CT molecular complexity index is 610. The smallest absolute Gasteiger partial charge is 0.243 e. The Morgan fingerprint density at radius 3 is 2.43 bits per heavy atom. The Labute approximate surface area is 135 Å². The number of sulfonamides is 1. The third-order valence-corrected chi connectivity index (χ3v) is 6.59. The average molecular weight is 349 g/mol. The summed E-state index contributed by atoms with van der Waals surface area (Å²) in [6, 6.07) is 4.79. The van der Waals surface area contributed by atoms with Crippen molar-refractivity contribution < 1.29 is 8.42 Å². The third-order valence-electron chi connectivity index (χ3n) is 4.25. The maximum Gasteiger partial charge on any atom is 0.243 e. The van der Waals surface area contributed by atoms with E-state index in [9.17, 15) is 8.42 Å². The van der Waals surface area contributed by atoms with Crippen LogP contribution in [0, 0.1) is 0 Å². The Hall–Kier alpha value is -0.330. The van der Waals surface area contributed by atoms with Crippen LogP contribution in [0.1, 0.15) is 25.7 Å². The van der Waals surface area contributed by atoms with Crippen LogP contribution in [0.25, 0.3) is 0 Å². The van der Waals surface area contributed by atoms with Gasteiger partial charge in [-0.05, 0) is 50.4 Å². The monoisotopic (exact) mass is 348 g/mol. The van der Waals surface area contributed by atoms with E-state index < -0.39 is 10.0 Å². The highest BCUT2D eigenvalue weighted by Crippen LogP contribution is 2.32. The van der Waals surface area contributed by atoms with Crippen molar-refractivity contribution in [2.24, 2.45) is 0 Å². The lowest BCUT2D eigenvalue weighted by Crippen LogP contribution is -2.46. The summed E-state index contributed by atoms with van der Waals surface area (Å²) in [5.74, 6) is 0. The van der Waals surface area contributed by atoms with E-state index in [1.807, 2.05) is 0 Å². The molecule has 2 aliphatic heterocycles. The van der Waals surface area contributed by atoms with Crippen molar-refractivity contribution in [1.29, 1.82) is 0 Å². The van der Waals surface area contributed by atoms with Crippen molar-refractivity contribution in [3.8, 4) is 0 Å². The molecule has 4 nitrogen and oxygen atoms in total. The number of benzene rings is 1. The van der Waals surface area contributed by atoms with Gasteiger partial charge >= 0.3 is 0 Å². The van der Waals surface area contributed by atoms with Crippen LogP contribution in [0.15, 0.2) is 23.1 Å². The molecule has 0 radical (unpaired) electrons. The van der Waals surface area contributed by atoms with Gasteiger partial charge in [0.2, 0.25) is 10.0 Å². The molecule has 2 atom stereocenters. The van der Waals surface area contributed by atoms with Gasteiger partial charge in [-0.1, -0.05) is 23.2 Å². The zero-order valence-corrected chi connectivity index (χ0v) is 13.9. The molecule has 0 amide bonds. The van der Waals surface area contributed by atoms with Crippen molar-refractivity contribution in [3.05, 3.63) is 28.2 Å². The highest BCUT2D eigenvalue weighted by atomic mass is 35.5. The van der Waals surface area contributed by atoms with Gasteiger partial charge in [0.15, 0.2) is 0 Å². The van der Waals surface area contributed by atoms with E-state index in [2.05, 4.69) is 5.32 Å². The van der Waals surface area contributed by atoms with Gasteiger partial charge in [0.1, 0.15) is 0 Å². The van der Waals surface area contributed by atoms with E-state index in [-0.39, 0.29) is 17.0 Å². The molecule has 1 aromatic rings. The Kier molecular flexibility index (Phi) is 4.48. The van der Waals surface area contributed by atoms with Crippen LogP contribution in [0.5, 0.6) is 0 Å². The van der Waals surface area contributed by atoms with E-state index in [0.29, 0.717) is 16.6 Å². The molecule has 2 saturated heterocycles. The molecule has 0 aromatic heterocycles. The number of nitrogens with zero attached hydrogens (tertiary/aromatic N) is 1. The molecule has 2 aliphatic rings. The van der Waals surface area contributed by atoms with E-state index in [0.717, 1.165) is 32.2 Å². The maximum absolute atomic E-state index is 12.9. The summed E-state index contributed by atoms with van der Waals surface area (Å²) in [5, 5.41) is 4.10. The van der Waals surface area contributed by atoms with Crippen LogP contribution >= 0.6 is 23.2 Å². The summed E-state index contributed by atoms with van der Waals surface area (Å²) in [5.41, 5.74) is 0. The van der Waals surface area contributed by atoms with E-state index in [4.69, 9.17) is 23.2 Å². The van der Waals surface area contributed by atoms with Crippen molar-refractivity contribution in [2.75, 3.05) is 13.1 Å². The Morgan fingerprint density at radius 1 is 1.10 bits per heavy atom. The molecular weight excluding hydrogens is 331 g/mol. The number of halogens is 2. The SMILES string of the molecule is O=S(=O)(c1cc(Cl)cc(Cl)c1)N1CCCC1C1CCCN1. The molecular formula is C14H18Cl2N2O2S. The molecule has 0 bridgehead atoms. The minimum atomic E-state index is -3.55. The Morgan fingerprint density at radius 2 is 1.81 bits per heavy atom. The van der Waals surface area contributed by atoms with Crippen LogP contribution in [0.2, 0.25) is 10.0 Å². The molecule has 7 heteroatoms. The standard InChI is InChI=1S/C14H18Cl2N2O2S/c15-10-7-11(16)9-12(8-10)21(19,20)18-6-2-4-14(18)13-3-1-5-17-13/h7-9,13-14,17H,1-6H2. The van der Waals surface area contributed by atoms with Crippen LogP contribution in [0.3, 0.4) is 0 Å². The normalized spacial score (nSPS) is 27.3. The molecule has 1 aromatic carbocycles. The summed E-state index contributed by atoms with van der Waals surface area (Å²) in [4.78, 5) is 0.185. The lowest BCUT2D eigenvalue weighted by molar-refractivity contribution is 0.322. The minimum absolute atomic E-state index is 0.0373. The fourth-order valence-corrected chi connectivity index (χ4v) is 5.78. The largest absolute Gasteiger partial charge is 0.312 e. The number of hydrogen-bond donors (Lipinski definition) is 1. The van der Waals surface area contributed by atoms with Gasteiger partial charge in [-0.15, -0.1) is 0 Å². The quantitative estimate of drug-likeness (QED) is 0.913. The second-order valence-electron chi connectivity index (χ2n) is 5.63. The lowest BCUT2D eigenvalue weighted by atomic mass is 10.1. The summed E-state index contributed by atoms with van der Waals surface area (Å²) in [6.45, 7) is 1.54. The van der Waals surface area contributed by atoms with Crippen molar-refractivity contribution in [1.82, 2.24) is 9.62 Å². The topological polar surface area (TPSA) is 49.4 Å². The predicted octanol–water partition coefficient (Wildman–Crippen LogP) is 2.90. The zero-order chi connectivity index (χ0) is 15.0. The first-order valence-electron chi connectivity index (χ1n) is 7.20. The molecule has 2 heterocycles. The van der Waals surface area contributed by atoms with Crippen LogP contribution in [0.4, 0.5) is 0 Å². The van der Waals surface area contributed by atoms with Crippen molar-refractivity contribution in [2.45, 2.75) is 42.7 Å². The van der Waals surface area contributed by atoms with Crippen LogP contribution < -0.4 is 5.32 Å². The summed E-state index contributed by atoms with van der Waals surface area (Å²) < 4.78 is 27.4. The van der Waals surface area contributed by atoms with Gasteiger partial charge in [0, 0.05) is 28.7 Å². The van der Waals surface area contributed by atoms with Gasteiger partial charge in [-0.25, -0.2) is 8.42 Å². The molecule has 3 rings (SSSR count). The summed E-state index contributed by atoms with van der Waals surface area (Å²) >= 11 is 11.9. The van der Waals surface area contributed by atoms with E-state index in [1.54, 1.807) is 10.4 Å². The van der Waals surface area contributed by atoms with Gasteiger partial charge in [0.05, 0.1) is 4.90 Å². The first-order chi connectivity index (χ1) is 9.98. The van der Waals surface area contributed by atoms with Gasteiger partial charge in [-0.2, -0.15) is 4.31 Å². The fraction of sp³-hybridized carbons (Fsp3) is 0.571. The molecule has 2 fully saturated rings. The van der Waals surface area contributed by atoms with Crippen LogP contribution in [-0.2, 0) is 10.0 Å². The number of nitrogens with one attached hydrogen (secondary N) is 1. The highest BCUT2D eigenvalue weighted by Gasteiger charge is 2.40. The molecule has 0 saturated carbocycles. The van der Waals surface area contributed by atoms with Gasteiger partial charge in [-0.3, -0.25) is 0 Å². The first kappa shape index (κ1) is 15.6. The average Bonchev–Trinajstić information content (AvgIpc) is 3.08. The fourth-order valence-electron chi connectivity index (χ4n) is 3.32. The molecule has 1 N–H and O–H groups in total. The minimum Gasteiger partial charge on any atom is -0.312 e. The number of rotatable bonds is 3. The van der Waals surface area contributed by atoms with Crippen molar-refractivity contribution >= 4 is 33.2 Å². The molecule has 0 aliphatic carbocycles. The lowest BCUT2D eigenvalue weighted by Gasteiger charge is -2.28. The molecule has 0 spiro atoms. The second-order valence-corrected chi connectivity index (χ2v) is 8.40. The van der Waals surface area contributed by atoms with Crippen molar-refractivity contribution in [3.63, 3.8) is 0 Å². The zero-order valence-electron chi connectivity index (χ0n) is 11.6. The predicted molar refractivity (Wildman–Crippen MR) is 84.4 cm³/mol. The Balaban J connectivity index is 1.92. The number of hydrogen-bond acceptors (Lipinski definition) is 3. The van der Waals surface area contributed by atoms with E-state index in [1.165, 1.54) is 12.1 Å². The van der Waals surface area contributed by atoms with Gasteiger partial charge in [0.25, 0.3) is 0 Å². The second kappa shape index (κ2) is 6.05. The summed E-state index contributed by atoms with van der Waals surface area (Å²) in [6.07, 6.45) is 3.95.